The molecule has 3 nitrogen and oxygen atoms in total. The van der Waals surface area contributed by atoms with E-state index in [0.717, 1.165) is 19.6 Å². The van der Waals surface area contributed by atoms with Gasteiger partial charge in [-0.15, -0.1) is 0 Å². The highest BCUT2D eigenvalue weighted by atomic mass is 16.5. The molecule has 17 heavy (non-hydrogen) atoms. The summed E-state index contributed by atoms with van der Waals surface area (Å²) in [5.41, 5.74) is 5.70. The Bertz CT molecular complexity index is 145. The lowest BCUT2D eigenvalue weighted by atomic mass is 10.2. The zero-order valence-electron chi connectivity index (χ0n) is 12.1. The maximum absolute atomic E-state index is 5.70. The number of ether oxygens (including phenoxy) is 1. The van der Waals surface area contributed by atoms with E-state index in [0.29, 0.717) is 6.54 Å². The molecular formula is C14H32N2O. The van der Waals surface area contributed by atoms with Crippen LogP contribution in [-0.4, -0.2) is 43.8 Å². The van der Waals surface area contributed by atoms with E-state index in [1.807, 2.05) is 6.92 Å². The smallest absolute Gasteiger partial charge is 0.0709 e. The van der Waals surface area contributed by atoms with Gasteiger partial charge in [0.05, 0.1) is 6.10 Å². The lowest BCUT2D eigenvalue weighted by molar-refractivity contribution is 0.0540. The third-order valence-electron chi connectivity index (χ3n) is 3.09. The summed E-state index contributed by atoms with van der Waals surface area (Å²) in [7, 11) is 0. The Kier molecular flexibility index (Phi) is 12.3. The van der Waals surface area contributed by atoms with Crippen LogP contribution in [0.1, 0.15) is 52.9 Å². The highest BCUT2D eigenvalue weighted by molar-refractivity contribution is 4.64. The van der Waals surface area contributed by atoms with E-state index in [9.17, 15) is 0 Å². The van der Waals surface area contributed by atoms with Crippen LogP contribution in [0.2, 0.25) is 0 Å². The molecular weight excluding hydrogens is 212 g/mol. The van der Waals surface area contributed by atoms with Crippen molar-refractivity contribution in [2.75, 3.05) is 32.8 Å². The minimum absolute atomic E-state index is 0.241. The van der Waals surface area contributed by atoms with Gasteiger partial charge in [0.15, 0.2) is 0 Å². The van der Waals surface area contributed by atoms with Crippen LogP contribution in [0.15, 0.2) is 0 Å². The van der Waals surface area contributed by atoms with Gasteiger partial charge >= 0.3 is 0 Å². The van der Waals surface area contributed by atoms with Crippen molar-refractivity contribution in [1.29, 1.82) is 0 Å². The predicted octanol–water partition coefficient (Wildman–Crippen LogP) is 2.64. The standard InChI is InChI=1S/C14H32N2O/c1-4-7-10-16(11-8-5-2)12-9-14(13-15)17-6-3/h14H,4-13,15H2,1-3H3. The molecule has 0 aliphatic heterocycles. The molecule has 0 bridgehead atoms. The summed E-state index contributed by atoms with van der Waals surface area (Å²) in [6, 6.07) is 0. The molecule has 0 radical (unpaired) electrons. The molecule has 3 heteroatoms. The van der Waals surface area contributed by atoms with Crippen LogP contribution in [0.3, 0.4) is 0 Å². The summed E-state index contributed by atoms with van der Waals surface area (Å²) in [5.74, 6) is 0. The second-order valence-corrected chi connectivity index (χ2v) is 4.65. The van der Waals surface area contributed by atoms with Gasteiger partial charge < -0.3 is 15.4 Å². The fourth-order valence-corrected chi connectivity index (χ4v) is 1.93. The van der Waals surface area contributed by atoms with Crippen molar-refractivity contribution < 1.29 is 4.74 Å². The normalized spacial score (nSPS) is 13.2. The van der Waals surface area contributed by atoms with Crippen molar-refractivity contribution in [2.45, 2.75) is 59.0 Å². The fourth-order valence-electron chi connectivity index (χ4n) is 1.93. The lowest BCUT2D eigenvalue weighted by Gasteiger charge is -2.24. The van der Waals surface area contributed by atoms with Crippen LogP contribution in [0.25, 0.3) is 0 Å². The van der Waals surface area contributed by atoms with Gasteiger partial charge in [-0.2, -0.15) is 0 Å². The van der Waals surface area contributed by atoms with Crippen molar-refractivity contribution in [3.05, 3.63) is 0 Å². The van der Waals surface area contributed by atoms with Gasteiger partial charge in [0.25, 0.3) is 0 Å². The monoisotopic (exact) mass is 244 g/mol. The molecule has 0 saturated carbocycles. The highest BCUT2D eigenvalue weighted by Crippen LogP contribution is 2.04. The van der Waals surface area contributed by atoms with Crippen molar-refractivity contribution in [2.24, 2.45) is 5.73 Å². The van der Waals surface area contributed by atoms with E-state index in [1.165, 1.54) is 38.8 Å². The molecule has 2 N–H and O–H groups in total. The quantitative estimate of drug-likeness (QED) is 0.573. The molecule has 0 aromatic rings. The average Bonchev–Trinajstić information content (AvgIpc) is 2.36. The van der Waals surface area contributed by atoms with E-state index >= 15 is 0 Å². The Morgan fingerprint density at radius 2 is 1.59 bits per heavy atom. The lowest BCUT2D eigenvalue weighted by Crippen LogP contribution is -2.33. The molecule has 0 rings (SSSR count). The van der Waals surface area contributed by atoms with E-state index in [-0.39, 0.29) is 6.10 Å². The zero-order valence-corrected chi connectivity index (χ0v) is 12.1. The van der Waals surface area contributed by atoms with Gasteiger partial charge in [0.2, 0.25) is 0 Å². The molecule has 1 atom stereocenters. The second kappa shape index (κ2) is 12.3. The maximum atomic E-state index is 5.70. The first-order valence-electron chi connectivity index (χ1n) is 7.32. The largest absolute Gasteiger partial charge is 0.377 e. The number of hydrogen-bond acceptors (Lipinski definition) is 3. The minimum Gasteiger partial charge on any atom is -0.377 e. The first-order chi connectivity index (χ1) is 8.28. The summed E-state index contributed by atoms with van der Waals surface area (Å²) in [5, 5.41) is 0. The van der Waals surface area contributed by atoms with Crippen LogP contribution in [-0.2, 0) is 4.74 Å². The van der Waals surface area contributed by atoms with Gasteiger partial charge in [-0.3, -0.25) is 0 Å². The fraction of sp³-hybridized carbons (Fsp3) is 1.00. The zero-order chi connectivity index (χ0) is 12.9. The molecule has 0 saturated heterocycles. The van der Waals surface area contributed by atoms with Gasteiger partial charge in [0, 0.05) is 19.7 Å². The van der Waals surface area contributed by atoms with E-state index in [1.54, 1.807) is 0 Å². The molecule has 1 unspecified atom stereocenters. The van der Waals surface area contributed by atoms with Crippen LogP contribution in [0.5, 0.6) is 0 Å². The Balaban J connectivity index is 3.85. The molecule has 0 amide bonds. The van der Waals surface area contributed by atoms with E-state index < -0.39 is 0 Å². The number of unbranched alkanes of at least 4 members (excludes halogenated alkanes) is 2. The van der Waals surface area contributed by atoms with Crippen molar-refractivity contribution in [1.82, 2.24) is 4.90 Å². The van der Waals surface area contributed by atoms with Crippen LogP contribution >= 0.6 is 0 Å². The predicted molar refractivity (Wildman–Crippen MR) is 75.3 cm³/mol. The molecule has 0 spiro atoms. The number of nitrogens with two attached hydrogens (primary N) is 1. The van der Waals surface area contributed by atoms with Crippen LogP contribution in [0, 0.1) is 0 Å². The molecule has 0 fully saturated rings. The SMILES string of the molecule is CCCCN(CCCC)CCC(CN)OCC. The third kappa shape index (κ3) is 9.57. The van der Waals surface area contributed by atoms with Gasteiger partial charge in [-0.05, 0) is 39.3 Å². The van der Waals surface area contributed by atoms with Crippen LogP contribution < -0.4 is 5.73 Å². The second-order valence-electron chi connectivity index (χ2n) is 4.65. The van der Waals surface area contributed by atoms with Crippen LogP contribution in [0.4, 0.5) is 0 Å². The summed E-state index contributed by atoms with van der Waals surface area (Å²) < 4.78 is 5.60. The Hall–Kier alpha value is -0.120. The number of rotatable bonds is 12. The number of nitrogens with zero attached hydrogens (tertiary/aromatic N) is 1. The first-order valence-corrected chi connectivity index (χ1v) is 7.32. The van der Waals surface area contributed by atoms with Gasteiger partial charge in [-0.25, -0.2) is 0 Å². The Morgan fingerprint density at radius 1 is 1.00 bits per heavy atom. The summed E-state index contributed by atoms with van der Waals surface area (Å²) >= 11 is 0. The molecule has 0 aromatic carbocycles. The Morgan fingerprint density at radius 3 is 2.00 bits per heavy atom. The molecule has 0 aliphatic rings. The molecule has 0 aliphatic carbocycles. The minimum atomic E-state index is 0.241. The molecule has 0 heterocycles. The first kappa shape index (κ1) is 16.9. The number of hydrogen-bond donors (Lipinski definition) is 1. The molecule has 0 aromatic heterocycles. The average molecular weight is 244 g/mol. The van der Waals surface area contributed by atoms with Gasteiger partial charge in [0.1, 0.15) is 0 Å². The Labute approximate surface area is 108 Å². The maximum Gasteiger partial charge on any atom is 0.0709 e. The van der Waals surface area contributed by atoms with Crippen molar-refractivity contribution >= 4 is 0 Å². The third-order valence-corrected chi connectivity index (χ3v) is 3.09. The van der Waals surface area contributed by atoms with E-state index in [4.69, 9.17) is 10.5 Å². The van der Waals surface area contributed by atoms with Crippen molar-refractivity contribution in [3.63, 3.8) is 0 Å². The topological polar surface area (TPSA) is 38.5 Å². The van der Waals surface area contributed by atoms with E-state index in [2.05, 4.69) is 18.7 Å². The summed E-state index contributed by atoms with van der Waals surface area (Å²) in [6.45, 7) is 11.5. The summed E-state index contributed by atoms with van der Waals surface area (Å²) in [4.78, 5) is 2.56. The molecule has 104 valence electrons. The van der Waals surface area contributed by atoms with Gasteiger partial charge in [-0.1, -0.05) is 26.7 Å². The summed E-state index contributed by atoms with van der Waals surface area (Å²) in [6.07, 6.45) is 6.45. The highest BCUT2D eigenvalue weighted by Gasteiger charge is 2.09. The van der Waals surface area contributed by atoms with Crippen molar-refractivity contribution in [3.8, 4) is 0 Å².